The number of nitriles is 1. The fourth-order valence-electron chi connectivity index (χ4n) is 3.41. The van der Waals surface area contributed by atoms with E-state index in [2.05, 4.69) is 5.32 Å². The molecule has 132 valence electrons. The van der Waals surface area contributed by atoms with Crippen molar-refractivity contribution in [1.82, 2.24) is 15.1 Å². The minimum absolute atomic E-state index is 0.0367. The maximum absolute atomic E-state index is 13.4. The molecular weight excluding hydrogens is 327 g/mol. The van der Waals surface area contributed by atoms with Gasteiger partial charge in [-0.15, -0.1) is 0 Å². The van der Waals surface area contributed by atoms with Crippen LogP contribution in [-0.4, -0.2) is 67.2 Å². The highest BCUT2D eigenvalue weighted by Gasteiger charge is 2.43. The second-order valence-corrected chi connectivity index (χ2v) is 6.16. The molecule has 0 spiro atoms. The quantitative estimate of drug-likeness (QED) is 0.880. The standard InChI is InChI=1S/C17H19FN4O3/c1-25-7-6-22-15-4-5-21(10-14(15)20-17(22)24)16(23)11-2-3-13(18)12(8-11)9-19/h2-3,8,14-15H,4-7,10H2,1H3,(H,20,24)/t14-,15+/m1/s1. The van der Waals surface area contributed by atoms with Crippen molar-refractivity contribution in [3.05, 3.63) is 35.1 Å². The summed E-state index contributed by atoms with van der Waals surface area (Å²) in [5.41, 5.74) is 0.123. The molecule has 8 heteroatoms. The van der Waals surface area contributed by atoms with E-state index in [1.54, 1.807) is 23.0 Å². The van der Waals surface area contributed by atoms with Gasteiger partial charge < -0.3 is 19.9 Å². The number of nitrogens with zero attached hydrogens (tertiary/aromatic N) is 3. The van der Waals surface area contributed by atoms with Gasteiger partial charge in [0.15, 0.2) is 0 Å². The van der Waals surface area contributed by atoms with Crippen molar-refractivity contribution < 1.29 is 18.7 Å². The van der Waals surface area contributed by atoms with Crippen LogP contribution in [0.3, 0.4) is 0 Å². The second kappa shape index (κ2) is 7.07. The van der Waals surface area contributed by atoms with Crippen molar-refractivity contribution in [2.24, 2.45) is 0 Å². The van der Waals surface area contributed by atoms with E-state index in [4.69, 9.17) is 10.00 Å². The minimum Gasteiger partial charge on any atom is -0.383 e. The Hall–Kier alpha value is -2.66. The van der Waals surface area contributed by atoms with Crippen molar-refractivity contribution in [2.75, 3.05) is 33.4 Å². The first-order valence-electron chi connectivity index (χ1n) is 8.10. The molecule has 2 saturated heterocycles. The summed E-state index contributed by atoms with van der Waals surface area (Å²) < 4.78 is 18.5. The third kappa shape index (κ3) is 3.28. The number of likely N-dealkylation sites (tertiary alicyclic amines) is 1. The average molecular weight is 346 g/mol. The molecule has 0 bridgehead atoms. The van der Waals surface area contributed by atoms with Gasteiger partial charge in [0.2, 0.25) is 0 Å². The van der Waals surface area contributed by atoms with Gasteiger partial charge in [-0.3, -0.25) is 4.79 Å². The first-order chi connectivity index (χ1) is 12.0. The Morgan fingerprint density at radius 2 is 2.32 bits per heavy atom. The summed E-state index contributed by atoms with van der Waals surface area (Å²) in [4.78, 5) is 28.1. The number of benzene rings is 1. The predicted molar refractivity (Wildman–Crippen MR) is 86.3 cm³/mol. The largest absolute Gasteiger partial charge is 0.383 e. The van der Waals surface area contributed by atoms with Crippen molar-refractivity contribution in [1.29, 1.82) is 5.26 Å². The van der Waals surface area contributed by atoms with Gasteiger partial charge in [0.1, 0.15) is 11.9 Å². The number of fused-ring (bicyclic) bond motifs is 1. The van der Waals surface area contributed by atoms with Crippen molar-refractivity contribution >= 4 is 11.9 Å². The number of hydrogen-bond acceptors (Lipinski definition) is 4. The van der Waals surface area contributed by atoms with Crippen LogP contribution < -0.4 is 5.32 Å². The van der Waals surface area contributed by atoms with Crippen molar-refractivity contribution in [3.8, 4) is 6.07 Å². The first kappa shape index (κ1) is 17.2. The Morgan fingerprint density at radius 3 is 3.04 bits per heavy atom. The zero-order chi connectivity index (χ0) is 18.0. The summed E-state index contributed by atoms with van der Waals surface area (Å²) in [5, 5.41) is 11.8. The number of halogens is 1. The highest BCUT2D eigenvalue weighted by molar-refractivity contribution is 5.94. The highest BCUT2D eigenvalue weighted by Crippen LogP contribution is 2.24. The zero-order valence-electron chi connectivity index (χ0n) is 13.9. The third-order valence-corrected chi connectivity index (χ3v) is 4.70. The normalized spacial score (nSPS) is 22.4. The lowest BCUT2D eigenvalue weighted by Crippen LogP contribution is -2.53. The molecule has 1 aromatic rings. The number of nitrogens with one attached hydrogen (secondary N) is 1. The van der Waals surface area contributed by atoms with E-state index >= 15 is 0 Å². The number of rotatable bonds is 4. The topological polar surface area (TPSA) is 85.7 Å². The predicted octanol–water partition coefficient (Wildman–Crippen LogP) is 0.952. The molecule has 0 aliphatic carbocycles. The Labute approximate surface area is 144 Å². The maximum Gasteiger partial charge on any atom is 0.318 e. The van der Waals surface area contributed by atoms with Crippen LogP contribution in [0.1, 0.15) is 22.3 Å². The number of methoxy groups -OCH3 is 1. The van der Waals surface area contributed by atoms with E-state index in [1.807, 2.05) is 0 Å². The summed E-state index contributed by atoms with van der Waals surface area (Å²) in [6.45, 7) is 1.86. The fraction of sp³-hybridized carbons (Fsp3) is 0.471. The molecule has 25 heavy (non-hydrogen) atoms. The fourth-order valence-corrected chi connectivity index (χ4v) is 3.41. The molecule has 0 saturated carbocycles. The van der Waals surface area contributed by atoms with Crippen LogP contribution in [0.2, 0.25) is 0 Å². The van der Waals surface area contributed by atoms with Gasteiger partial charge in [-0.25, -0.2) is 9.18 Å². The lowest BCUT2D eigenvalue weighted by atomic mass is 9.99. The molecule has 2 heterocycles. The number of carbonyl (C=O) groups excluding carboxylic acids is 2. The average Bonchev–Trinajstić information content (AvgIpc) is 2.94. The van der Waals surface area contributed by atoms with Gasteiger partial charge in [0.05, 0.1) is 24.3 Å². The van der Waals surface area contributed by atoms with E-state index in [0.29, 0.717) is 32.7 Å². The van der Waals surface area contributed by atoms with E-state index < -0.39 is 5.82 Å². The molecule has 3 amide bonds. The van der Waals surface area contributed by atoms with Crippen LogP contribution in [0.15, 0.2) is 18.2 Å². The van der Waals surface area contributed by atoms with Gasteiger partial charge in [-0.2, -0.15) is 5.26 Å². The summed E-state index contributed by atoms with van der Waals surface area (Å²) >= 11 is 0. The summed E-state index contributed by atoms with van der Waals surface area (Å²) in [7, 11) is 1.59. The molecule has 3 rings (SSSR count). The van der Waals surface area contributed by atoms with E-state index in [1.165, 1.54) is 12.1 Å². The van der Waals surface area contributed by atoms with Gasteiger partial charge in [-0.05, 0) is 24.6 Å². The molecule has 2 aliphatic heterocycles. The van der Waals surface area contributed by atoms with Crippen molar-refractivity contribution in [3.63, 3.8) is 0 Å². The minimum atomic E-state index is -0.644. The number of ether oxygens (including phenoxy) is 1. The number of hydrogen-bond donors (Lipinski definition) is 1. The van der Waals surface area contributed by atoms with Crippen LogP contribution >= 0.6 is 0 Å². The number of carbonyl (C=O) groups is 2. The molecular formula is C17H19FN4O3. The number of amides is 3. The smallest absolute Gasteiger partial charge is 0.318 e. The zero-order valence-corrected chi connectivity index (χ0v) is 13.9. The van der Waals surface area contributed by atoms with Gasteiger partial charge in [0.25, 0.3) is 5.91 Å². The summed E-state index contributed by atoms with van der Waals surface area (Å²) in [6, 6.07) is 5.26. The van der Waals surface area contributed by atoms with Crippen LogP contribution in [0.25, 0.3) is 0 Å². The molecule has 1 N–H and O–H groups in total. The van der Waals surface area contributed by atoms with Gasteiger partial charge >= 0.3 is 6.03 Å². The molecule has 7 nitrogen and oxygen atoms in total. The van der Waals surface area contributed by atoms with Gasteiger partial charge in [-0.1, -0.05) is 0 Å². The molecule has 0 aromatic heterocycles. The Morgan fingerprint density at radius 1 is 1.52 bits per heavy atom. The number of piperidine rings is 1. The molecule has 1 aromatic carbocycles. The first-order valence-corrected chi connectivity index (χ1v) is 8.10. The molecule has 0 unspecified atom stereocenters. The molecule has 2 aliphatic rings. The Balaban J connectivity index is 1.70. The van der Waals surface area contributed by atoms with Crippen LogP contribution in [0.4, 0.5) is 9.18 Å². The van der Waals surface area contributed by atoms with E-state index in [-0.39, 0.29) is 35.1 Å². The Kier molecular flexibility index (Phi) is 4.86. The van der Waals surface area contributed by atoms with Crippen molar-refractivity contribution in [2.45, 2.75) is 18.5 Å². The SMILES string of the molecule is COCCN1C(=O)N[C@@H]2CN(C(=O)c3ccc(F)c(C#N)c3)CC[C@@H]21. The summed E-state index contributed by atoms with van der Waals surface area (Å²) in [5.74, 6) is -0.908. The Bertz CT molecular complexity index is 733. The molecule has 2 atom stereocenters. The van der Waals surface area contributed by atoms with Gasteiger partial charge in [0, 0.05) is 32.3 Å². The molecule has 2 fully saturated rings. The third-order valence-electron chi connectivity index (χ3n) is 4.70. The summed E-state index contributed by atoms with van der Waals surface area (Å²) in [6.07, 6.45) is 0.658. The monoisotopic (exact) mass is 346 g/mol. The second-order valence-electron chi connectivity index (χ2n) is 6.16. The van der Waals surface area contributed by atoms with Crippen LogP contribution in [0.5, 0.6) is 0 Å². The van der Waals surface area contributed by atoms with Crippen LogP contribution in [0, 0.1) is 17.1 Å². The van der Waals surface area contributed by atoms with E-state index in [0.717, 1.165) is 6.07 Å². The lowest BCUT2D eigenvalue weighted by Gasteiger charge is -2.36. The maximum atomic E-state index is 13.4. The lowest BCUT2D eigenvalue weighted by molar-refractivity contribution is 0.0642. The number of urea groups is 1. The van der Waals surface area contributed by atoms with E-state index in [9.17, 15) is 14.0 Å². The molecule has 0 radical (unpaired) electrons. The highest BCUT2D eigenvalue weighted by atomic mass is 19.1. The van der Waals surface area contributed by atoms with Crippen LogP contribution in [-0.2, 0) is 4.74 Å².